The van der Waals surface area contributed by atoms with Gasteiger partial charge in [0.15, 0.2) is 11.0 Å². The van der Waals surface area contributed by atoms with Crippen molar-refractivity contribution in [3.8, 4) is 5.75 Å². The first-order chi connectivity index (χ1) is 14.2. The molecule has 1 aliphatic rings. The first kappa shape index (κ1) is 19.2. The van der Waals surface area contributed by atoms with Crippen molar-refractivity contribution in [3.63, 3.8) is 0 Å². The SMILES string of the molecule is COc1ccc(CN2N=C(c3ccc(C)cc3)c3cccnc3N=C2SC)cc1. The molecule has 0 unspecified atom stereocenters. The summed E-state index contributed by atoms with van der Waals surface area (Å²) in [6.45, 7) is 2.69. The summed E-state index contributed by atoms with van der Waals surface area (Å²) >= 11 is 1.56. The molecule has 0 amide bonds. The summed E-state index contributed by atoms with van der Waals surface area (Å²) in [5, 5.41) is 7.79. The van der Waals surface area contributed by atoms with Gasteiger partial charge < -0.3 is 4.74 Å². The van der Waals surface area contributed by atoms with Crippen molar-refractivity contribution in [2.75, 3.05) is 13.4 Å². The number of aliphatic imine (C=N–C) groups is 1. The van der Waals surface area contributed by atoms with Crippen molar-refractivity contribution in [2.45, 2.75) is 13.5 Å². The van der Waals surface area contributed by atoms with Gasteiger partial charge in [0.2, 0.25) is 0 Å². The molecule has 0 atom stereocenters. The van der Waals surface area contributed by atoms with Crippen LogP contribution in [0.2, 0.25) is 0 Å². The molecule has 1 aliphatic heterocycles. The summed E-state index contributed by atoms with van der Waals surface area (Å²) in [5.41, 5.74) is 5.18. The van der Waals surface area contributed by atoms with Gasteiger partial charge in [-0.15, -0.1) is 0 Å². The van der Waals surface area contributed by atoms with Gasteiger partial charge in [-0.1, -0.05) is 53.7 Å². The first-order valence-corrected chi connectivity index (χ1v) is 10.5. The Kier molecular flexibility index (Phi) is 5.62. The van der Waals surface area contributed by atoms with Gasteiger partial charge >= 0.3 is 0 Å². The summed E-state index contributed by atoms with van der Waals surface area (Å²) in [4.78, 5) is 9.33. The quantitative estimate of drug-likeness (QED) is 0.615. The lowest BCUT2D eigenvalue weighted by Gasteiger charge is -2.19. The smallest absolute Gasteiger partial charge is 0.186 e. The topological polar surface area (TPSA) is 50.1 Å². The number of methoxy groups -OCH3 is 1. The second-order valence-corrected chi connectivity index (χ2v) is 7.47. The molecule has 5 nitrogen and oxygen atoms in total. The lowest BCUT2D eigenvalue weighted by Crippen LogP contribution is -2.23. The summed E-state index contributed by atoms with van der Waals surface area (Å²) in [6, 6.07) is 20.4. The van der Waals surface area contributed by atoms with E-state index in [1.54, 1.807) is 25.1 Å². The Balaban J connectivity index is 1.80. The van der Waals surface area contributed by atoms with Crippen molar-refractivity contribution >= 4 is 28.5 Å². The van der Waals surface area contributed by atoms with Crippen molar-refractivity contribution in [3.05, 3.63) is 89.1 Å². The van der Waals surface area contributed by atoms with Gasteiger partial charge in [-0.2, -0.15) is 5.10 Å². The van der Waals surface area contributed by atoms with E-state index in [1.165, 1.54) is 5.56 Å². The Bertz CT molecular complexity index is 1060. The van der Waals surface area contributed by atoms with E-state index >= 15 is 0 Å². The number of hydrazone groups is 1. The van der Waals surface area contributed by atoms with Gasteiger partial charge in [-0.05, 0) is 43.0 Å². The van der Waals surface area contributed by atoms with Crippen LogP contribution in [0.5, 0.6) is 5.75 Å². The molecular formula is C23H22N4OS. The van der Waals surface area contributed by atoms with Crippen LogP contribution in [0.25, 0.3) is 0 Å². The van der Waals surface area contributed by atoms with Crippen LogP contribution in [0.3, 0.4) is 0 Å². The van der Waals surface area contributed by atoms with Crippen molar-refractivity contribution in [1.82, 2.24) is 9.99 Å². The van der Waals surface area contributed by atoms with Gasteiger partial charge in [0.05, 0.1) is 13.7 Å². The van der Waals surface area contributed by atoms with Crippen LogP contribution < -0.4 is 4.74 Å². The second-order valence-electron chi connectivity index (χ2n) is 6.69. The zero-order valence-electron chi connectivity index (χ0n) is 16.7. The Morgan fingerprint density at radius 3 is 2.45 bits per heavy atom. The van der Waals surface area contributed by atoms with E-state index in [4.69, 9.17) is 14.8 Å². The number of benzene rings is 2. The van der Waals surface area contributed by atoms with Gasteiger partial charge in [-0.3, -0.25) is 0 Å². The third-order valence-corrected chi connectivity index (χ3v) is 5.35. The number of amidine groups is 1. The molecule has 0 saturated heterocycles. The van der Waals surface area contributed by atoms with E-state index in [9.17, 15) is 0 Å². The molecule has 2 heterocycles. The minimum atomic E-state index is 0.604. The normalized spacial score (nSPS) is 13.3. The lowest BCUT2D eigenvalue weighted by atomic mass is 10.0. The highest BCUT2D eigenvalue weighted by Crippen LogP contribution is 2.28. The van der Waals surface area contributed by atoms with Crippen LogP contribution in [0, 0.1) is 6.92 Å². The van der Waals surface area contributed by atoms with E-state index in [1.807, 2.05) is 47.7 Å². The van der Waals surface area contributed by atoms with E-state index in [0.29, 0.717) is 12.4 Å². The van der Waals surface area contributed by atoms with Gasteiger partial charge in [0.25, 0.3) is 0 Å². The minimum absolute atomic E-state index is 0.604. The van der Waals surface area contributed by atoms with E-state index in [0.717, 1.165) is 33.3 Å². The number of pyridine rings is 1. The standard InChI is InChI=1S/C23H22N4OS/c1-16-6-10-18(11-7-16)21-20-5-4-14-24-22(20)25-23(29-3)27(26-21)15-17-8-12-19(28-2)13-9-17/h4-14H,15H2,1-3H3. The summed E-state index contributed by atoms with van der Waals surface area (Å²) in [7, 11) is 1.67. The molecule has 0 spiro atoms. The largest absolute Gasteiger partial charge is 0.497 e. The average Bonchev–Trinajstić information content (AvgIpc) is 2.92. The fourth-order valence-electron chi connectivity index (χ4n) is 3.12. The molecule has 3 aromatic rings. The van der Waals surface area contributed by atoms with Crippen molar-refractivity contribution < 1.29 is 4.74 Å². The molecule has 1 aromatic heterocycles. The number of thioether (sulfide) groups is 1. The van der Waals surface area contributed by atoms with Crippen LogP contribution in [0.15, 0.2) is 77.0 Å². The number of fused-ring (bicyclic) bond motifs is 1. The minimum Gasteiger partial charge on any atom is -0.497 e. The maximum Gasteiger partial charge on any atom is 0.186 e. The number of rotatable bonds is 4. The predicted octanol–water partition coefficient (Wildman–Crippen LogP) is 5.02. The molecule has 0 N–H and O–H groups in total. The molecular weight excluding hydrogens is 380 g/mol. The van der Waals surface area contributed by atoms with Crippen LogP contribution in [-0.2, 0) is 6.54 Å². The third kappa shape index (κ3) is 4.17. The molecule has 0 radical (unpaired) electrons. The number of aryl methyl sites for hydroxylation is 1. The summed E-state index contributed by atoms with van der Waals surface area (Å²) in [5.74, 6) is 1.53. The van der Waals surface area contributed by atoms with Crippen LogP contribution >= 0.6 is 11.8 Å². The molecule has 6 heteroatoms. The number of hydrogen-bond donors (Lipinski definition) is 0. The zero-order chi connectivity index (χ0) is 20.2. The Morgan fingerprint density at radius 1 is 1.00 bits per heavy atom. The van der Waals surface area contributed by atoms with E-state index in [2.05, 4.69) is 36.2 Å². The summed E-state index contributed by atoms with van der Waals surface area (Å²) in [6.07, 6.45) is 3.78. The van der Waals surface area contributed by atoms with Crippen LogP contribution in [0.1, 0.15) is 22.3 Å². The summed E-state index contributed by atoms with van der Waals surface area (Å²) < 4.78 is 5.27. The molecule has 4 rings (SSSR count). The maximum atomic E-state index is 5.27. The monoisotopic (exact) mass is 402 g/mol. The molecule has 2 aromatic carbocycles. The van der Waals surface area contributed by atoms with E-state index < -0.39 is 0 Å². The second kappa shape index (κ2) is 8.49. The highest BCUT2D eigenvalue weighted by molar-refractivity contribution is 8.13. The lowest BCUT2D eigenvalue weighted by molar-refractivity contribution is 0.413. The fraction of sp³-hybridized carbons (Fsp3) is 0.174. The fourth-order valence-corrected chi connectivity index (χ4v) is 3.61. The molecule has 0 aliphatic carbocycles. The van der Waals surface area contributed by atoms with Crippen molar-refractivity contribution in [1.29, 1.82) is 0 Å². The average molecular weight is 403 g/mol. The molecule has 0 bridgehead atoms. The van der Waals surface area contributed by atoms with Crippen LogP contribution in [-0.4, -0.2) is 34.2 Å². The number of ether oxygens (including phenoxy) is 1. The third-order valence-electron chi connectivity index (χ3n) is 4.68. The molecule has 0 saturated carbocycles. The number of hydrogen-bond acceptors (Lipinski definition) is 6. The highest BCUT2D eigenvalue weighted by Gasteiger charge is 2.22. The maximum absolute atomic E-state index is 5.27. The molecule has 146 valence electrons. The highest BCUT2D eigenvalue weighted by atomic mass is 32.2. The molecule has 29 heavy (non-hydrogen) atoms. The predicted molar refractivity (Wildman–Crippen MR) is 120 cm³/mol. The Morgan fingerprint density at radius 2 is 1.76 bits per heavy atom. The van der Waals surface area contributed by atoms with Crippen LogP contribution in [0.4, 0.5) is 5.82 Å². The first-order valence-electron chi connectivity index (χ1n) is 9.32. The number of aromatic nitrogens is 1. The van der Waals surface area contributed by atoms with Crippen molar-refractivity contribution in [2.24, 2.45) is 10.1 Å². The van der Waals surface area contributed by atoms with Gasteiger partial charge in [0.1, 0.15) is 11.5 Å². The van der Waals surface area contributed by atoms with Gasteiger partial charge in [-0.25, -0.2) is 15.0 Å². The number of nitrogens with zero attached hydrogens (tertiary/aromatic N) is 4. The Labute approximate surface area is 175 Å². The Hall–Kier alpha value is -3.12. The van der Waals surface area contributed by atoms with E-state index in [-0.39, 0.29) is 0 Å². The van der Waals surface area contributed by atoms with Gasteiger partial charge in [0, 0.05) is 17.3 Å². The molecule has 0 fully saturated rings. The zero-order valence-corrected chi connectivity index (χ0v) is 17.5.